The maximum atomic E-state index is 12.9. The van der Waals surface area contributed by atoms with Crippen LogP contribution in [-0.4, -0.2) is 37.2 Å². The van der Waals surface area contributed by atoms with Gasteiger partial charge in [0.05, 0.1) is 0 Å². The fraction of sp³-hybridized carbons (Fsp3) is 0.853. The zero-order chi connectivity index (χ0) is 58.5. The van der Waals surface area contributed by atoms with Crippen LogP contribution in [0.1, 0.15) is 393 Å². The van der Waals surface area contributed by atoms with Gasteiger partial charge in [-0.3, -0.25) is 14.4 Å². The highest BCUT2D eigenvalue weighted by Crippen LogP contribution is 2.18. The Hall–Kier alpha value is -2.63. The molecule has 0 aromatic rings. The smallest absolute Gasteiger partial charge is 0.306 e. The molecule has 0 fully saturated rings. The lowest BCUT2D eigenvalue weighted by molar-refractivity contribution is -0.167. The summed E-state index contributed by atoms with van der Waals surface area (Å²) in [4.78, 5) is 38.4. The van der Waals surface area contributed by atoms with Gasteiger partial charge in [-0.1, -0.05) is 339 Å². The Labute approximate surface area is 505 Å². The summed E-state index contributed by atoms with van der Waals surface area (Å²) in [7, 11) is 0. The van der Waals surface area contributed by atoms with Gasteiger partial charge in [0.15, 0.2) is 6.10 Å². The van der Waals surface area contributed by atoms with Crippen LogP contribution in [0.15, 0.2) is 48.6 Å². The number of rotatable bonds is 67. The predicted molar refractivity (Wildman–Crippen MR) is 353 cm³/mol. The van der Waals surface area contributed by atoms with Crippen LogP contribution in [-0.2, 0) is 28.6 Å². The van der Waals surface area contributed by atoms with Crippen LogP contribution < -0.4 is 0 Å². The Morgan fingerprint density at radius 2 is 0.444 bits per heavy atom. The molecule has 1 unspecified atom stereocenters. The monoisotopic (exact) mass is 1140 g/mol. The van der Waals surface area contributed by atoms with E-state index in [1.54, 1.807) is 0 Å². The van der Waals surface area contributed by atoms with Gasteiger partial charge in [0.2, 0.25) is 0 Å². The zero-order valence-electron chi connectivity index (χ0n) is 54.6. The van der Waals surface area contributed by atoms with E-state index in [-0.39, 0.29) is 31.1 Å². The highest BCUT2D eigenvalue weighted by Gasteiger charge is 2.19. The van der Waals surface area contributed by atoms with Gasteiger partial charge in [-0.2, -0.15) is 0 Å². The van der Waals surface area contributed by atoms with Gasteiger partial charge in [-0.25, -0.2) is 0 Å². The molecular formula is C75H138O6. The van der Waals surface area contributed by atoms with Crippen molar-refractivity contribution in [3.8, 4) is 0 Å². The molecule has 1 atom stereocenters. The summed E-state index contributed by atoms with van der Waals surface area (Å²) in [6.07, 6.45) is 88.6. The Bertz CT molecular complexity index is 1400. The van der Waals surface area contributed by atoms with Crippen LogP contribution in [0.2, 0.25) is 0 Å². The second kappa shape index (κ2) is 69.9. The first-order valence-corrected chi connectivity index (χ1v) is 36.1. The molecule has 0 saturated carbocycles. The van der Waals surface area contributed by atoms with E-state index in [9.17, 15) is 14.4 Å². The summed E-state index contributed by atoms with van der Waals surface area (Å²) in [5.41, 5.74) is 0. The number of hydrogen-bond donors (Lipinski definition) is 0. The summed E-state index contributed by atoms with van der Waals surface area (Å²) in [6, 6.07) is 0. The van der Waals surface area contributed by atoms with E-state index in [0.717, 1.165) is 83.5 Å². The van der Waals surface area contributed by atoms with Crippen LogP contribution in [0.5, 0.6) is 0 Å². The van der Waals surface area contributed by atoms with Gasteiger partial charge < -0.3 is 14.2 Å². The fourth-order valence-electron chi connectivity index (χ4n) is 10.9. The second-order valence-electron chi connectivity index (χ2n) is 24.5. The lowest BCUT2D eigenvalue weighted by Crippen LogP contribution is -2.30. The first-order valence-electron chi connectivity index (χ1n) is 36.1. The van der Waals surface area contributed by atoms with Gasteiger partial charge in [0.1, 0.15) is 13.2 Å². The van der Waals surface area contributed by atoms with E-state index in [1.807, 2.05) is 0 Å². The number of carbonyl (C=O) groups excluding carboxylic acids is 3. The number of ether oxygens (including phenoxy) is 3. The molecule has 0 aliphatic carbocycles. The lowest BCUT2D eigenvalue weighted by atomic mass is 10.0. The summed E-state index contributed by atoms with van der Waals surface area (Å²) >= 11 is 0. The van der Waals surface area contributed by atoms with Crippen molar-refractivity contribution >= 4 is 17.9 Å². The number of carbonyl (C=O) groups is 3. The van der Waals surface area contributed by atoms with E-state index in [2.05, 4.69) is 69.4 Å². The van der Waals surface area contributed by atoms with Crippen molar-refractivity contribution in [2.75, 3.05) is 13.2 Å². The molecular weight excluding hydrogens is 997 g/mol. The summed E-state index contributed by atoms with van der Waals surface area (Å²) in [5.74, 6) is -0.873. The molecule has 6 heteroatoms. The first kappa shape index (κ1) is 78.4. The molecule has 0 aromatic heterocycles. The normalized spacial score (nSPS) is 12.3. The topological polar surface area (TPSA) is 78.9 Å². The number of allylic oxidation sites excluding steroid dienone is 8. The zero-order valence-corrected chi connectivity index (χ0v) is 54.6. The largest absolute Gasteiger partial charge is 0.462 e. The summed E-state index contributed by atoms with van der Waals surface area (Å²) in [6.45, 7) is 6.66. The fourth-order valence-corrected chi connectivity index (χ4v) is 10.9. The molecule has 0 radical (unpaired) electrons. The maximum Gasteiger partial charge on any atom is 0.306 e. The SMILES string of the molecule is CCCCC/C=C\C/C=C\C/C=C\CCCCCCCCC(=O)OC(COC(=O)CCCCCCC/C=C\CCCCCCCC)COC(=O)CCCCCCCCCCCCCCCCCCCCCCCCCCCCCCC. The van der Waals surface area contributed by atoms with Crippen LogP contribution in [0, 0.1) is 0 Å². The highest BCUT2D eigenvalue weighted by molar-refractivity contribution is 5.71. The minimum Gasteiger partial charge on any atom is -0.462 e. The summed E-state index contributed by atoms with van der Waals surface area (Å²) < 4.78 is 17.0. The Kier molecular flexibility index (Phi) is 67.6. The average Bonchev–Trinajstić information content (AvgIpc) is 3.47. The van der Waals surface area contributed by atoms with Gasteiger partial charge in [0.25, 0.3) is 0 Å². The van der Waals surface area contributed by atoms with Gasteiger partial charge in [-0.15, -0.1) is 0 Å². The van der Waals surface area contributed by atoms with Crippen molar-refractivity contribution in [2.24, 2.45) is 0 Å². The van der Waals surface area contributed by atoms with Gasteiger partial charge in [0, 0.05) is 19.3 Å². The molecule has 0 aromatic carbocycles. The van der Waals surface area contributed by atoms with Crippen molar-refractivity contribution in [2.45, 2.75) is 399 Å². The van der Waals surface area contributed by atoms with Crippen molar-refractivity contribution in [3.05, 3.63) is 48.6 Å². The molecule has 0 aliphatic heterocycles. The van der Waals surface area contributed by atoms with Gasteiger partial charge >= 0.3 is 17.9 Å². The molecule has 474 valence electrons. The molecule has 0 heterocycles. The molecule has 0 spiro atoms. The minimum atomic E-state index is -0.784. The van der Waals surface area contributed by atoms with Crippen molar-refractivity contribution in [1.82, 2.24) is 0 Å². The predicted octanol–water partition coefficient (Wildman–Crippen LogP) is 24.9. The molecule has 0 saturated heterocycles. The Balaban J connectivity index is 4.23. The Morgan fingerprint density at radius 3 is 0.728 bits per heavy atom. The van der Waals surface area contributed by atoms with E-state index < -0.39 is 6.10 Å². The van der Waals surface area contributed by atoms with E-state index in [0.29, 0.717) is 19.3 Å². The molecule has 0 rings (SSSR count). The number of hydrogen-bond acceptors (Lipinski definition) is 6. The summed E-state index contributed by atoms with van der Waals surface area (Å²) in [5, 5.41) is 0. The third-order valence-corrected chi connectivity index (χ3v) is 16.3. The molecule has 0 bridgehead atoms. The molecule has 0 N–H and O–H groups in total. The van der Waals surface area contributed by atoms with Gasteiger partial charge in [-0.05, 0) is 83.5 Å². The molecule has 0 aliphatic rings. The maximum absolute atomic E-state index is 12.9. The number of unbranched alkanes of at least 4 members (excludes halogenated alkanes) is 48. The third kappa shape index (κ3) is 68.0. The minimum absolute atomic E-state index is 0.0773. The highest BCUT2D eigenvalue weighted by atomic mass is 16.6. The molecule has 6 nitrogen and oxygen atoms in total. The third-order valence-electron chi connectivity index (χ3n) is 16.3. The molecule has 0 amide bonds. The first-order chi connectivity index (χ1) is 40.0. The van der Waals surface area contributed by atoms with Crippen molar-refractivity contribution < 1.29 is 28.6 Å². The van der Waals surface area contributed by atoms with Crippen LogP contribution in [0.3, 0.4) is 0 Å². The molecule has 81 heavy (non-hydrogen) atoms. The van der Waals surface area contributed by atoms with Crippen molar-refractivity contribution in [3.63, 3.8) is 0 Å². The van der Waals surface area contributed by atoms with Crippen LogP contribution in [0.4, 0.5) is 0 Å². The Morgan fingerprint density at radius 1 is 0.247 bits per heavy atom. The van der Waals surface area contributed by atoms with Crippen LogP contribution >= 0.6 is 0 Å². The van der Waals surface area contributed by atoms with E-state index in [1.165, 1.54) is 270 Å². The number of esters is 3. The van der Waals surface area contributed by atoms with E-state index >= 15 is 0 Å². The van der Waals surface area contributed by atoms with E-state index in [4.69, 9.17) is 14.2 Å². The van der Waals surface area contributed by atoms with Crippen molar-refractivity contribution in [1.29, 1.82) is 0 Å². The quantitative estimate of drug-likeness (QED) is 0.0261. The second-order valence-corrected chi connectivity index (χ2v) is 24.5. The lowest BCUT2D eigenvalue weighted by Gasteiger charge is -2.18. The standard InChI is InChI=1S/C75H138O6/c1-4-7-10-13-16-19-22-25-28-30-32-33-34-35-36-37-38-39-40-41-43-44-47-50-53-56-59-62-65-68-74(77)80-71-72(70-79-73(76)67-64-61-58-55-52-49-46-27-24-21-18-15-12-9-6-3)81-75(78)69-66-63-60-57-54-51-48-45-42-31-29-26-23-20-17-14-11-8-5-2/h17,20,26-27,29,42,45-46,72H,4-16,18-19,21-25,28,30-41,43-44,47-71H2,1-3H3/b20-17-,29-26-,45-42-,46-27-. The van der Waals surface area contributed by atoms with Crippen LogP contribution in [0.25, 0.3) is 0 Å². The average molecular weight is 1140 g/mol.